The predicted molar refractivity (Wildman–Crippen MR) is 85.3 cm³/mol. The van der Waals surface area contributed by atoms with Gasteiger partial charge in [-0.25, -0.2) is 0 Å². The molecule has 2 rings (SSSR count). The number of hydrogen-bond donors (Lipinski definition) is 2. The van der Waals surface area contributed by atoms with Crippen LogP contribution in [0.15, 0.2) is 41.1 Å². The van der Waals surface area contributed by atoms with Gasteiger partial charge >= 0.3 is 0 Å². The Kier molecular flexibility index (Phi) is 5.55. The third-order valence-corrected chi connectivity index (χ3v) is 3.65. The van der Waals surface area contributed by atoms with E-state index in [9.17, 15) is 0 Å². The van der Waals surface area contributed by atoms with E-state index in [0.717, 1.165) is 27.1 Å². The Balaban J connectivity index is 2.28. The van der Waals surface area contributed by atoms with Crippen LogP contribution in [0.1, 0.15) is 17.2 Å². The van der Waals surface area contributed by atoms with Crippen molar-refractivity contribution < 1.29 is 9.47 Å². The minimum Gasteiger partial charge on any atom is -0.497 e. The second-order valence-corrected chi connectivity index (χ2v) is 5.46. The quantitative estimate of drug-likeness (QED) is 0.618. The van der Waals surface area contributed by atoms with Crippen molar-refractivity contribution in [1.29, 1.82) is 0 Å². The number of halogens is 1. The zero-order chi connectivity index (χ0) is 15.2. The molecular weight excluding hydrogens is 334 g/mol. The molecule has 0 aliphatic rings. The maximum Gasteiger partial charge on any atom is 0.127 e. The molecule has 1 heterocycles. The SMILES string of the molecule is COc1ccc(C(Cc2cncc(Br)c2)NN)c(OC)c1. The Labute approximate surface area is 132 Å². The summed E-state index contributed by atoms with van der Waals surface area (Å²) in [6, 6.07) is 7.63. The third kappa shape index (κ3) is 3.93. The van der Waals surface area contributed by atoms with Gasteiger partial charge < -0.3 is 9.47 Å². The number of nitrogens with zero attached hydrogens (tertiary/aromatic N) is 1. The minimum atomic E-state index is -0.0815. The Hall–Kier alpha value is -1.63. The van der Waals surface area contributed by atoms with Crippen molar-refractivity contribution in [3.63, 3.8) is 0 Å². The van der Waals surface area contributed by atoms with Gasteiger partial charge in [-0.15, -0.1) is 0 Å². The van der Waals surface area contributed by atoms with E-state index >= 15 is 0 Å². The number of hydrogen-bond acceptors (Lipinski definition) is 5. The summed E-state index contributed by atoms with van der Waals surface area (Å²) in [5.74, 6) is 7.20. The van der Waals surface area contributed by atoms with Crippen LogP contribution in [0.3, 0.4) is 0 Å². The van der Waals surface area contributed by atoms with Gasteiger partial charge in [-0.05, 0) is 40.0 Å². The largest absolute Gasteiger partial charge is 0.497 e. The Morgan fingerprint density at radius 3 is 2.67 bits per heavy atom. The standard InChI is InChI=1S/C15H18BrN3O2/c1-20-12-3-4-13(15(7-12)21-2)14(19-17)6-10-5-11(16)9-18-8-10/h3-5,7-9,14,19H,6,17H2,1-2H3. The number of benzene rings is 1. The van der Waals surface area contributed by atoms with Gasteiger partial charge in [-0.1, -0.05) is 6.07 Å². The average molecular weight is 352 g/mol. The van der Waals surface area contributed by atoms with E-state index in [1.165, 1.54) is 0 Å². The molecule has 1 aromatic heterocycles. The highest BCUT2D eigenvalue weighted by molar-refractivity contribution is 9.10. The number of nitrogens with one attached hydrogen (secondary N) is 1. The first-order valence-corrected chi connectivity index (χ1v) is 7.24. The molecule has 5 nitrogen and oxygen atoms in total. The number of nitrogens with two attached hydrogens (primary N) is 1. The number of rotatable bonds is 6. The zero-order valence-electron chi connectivity index (χ0n) is 12.0. The number of hydrazine groups is 1. The molecule has 21 heavy (non-hydrogen) atoms. The molecule has 0 saturated heterocycles. The van der Waals surface area contributed by atoms with Gasteiger partial charge in [-0.2, -0.15) is 0 Å². The fourth-order valence-corrected chi connectivity index (χ4v) is 2.58. The van der Waals surface area contributed by atoms with E-state index in [1.807, 2.05) is 30.5 Å². The Morgan fingerprint density at radius 2 is 2.05 bits per heavy atom. The van der Waals surface area contributed by atoms with Crippen molar-refractivity contribution in [3.05, 3.63) is 52.3 Å². The van der Waals surface area contributed by atoms with Crippen LogP contribution in [0.2, 0.25) is 0 Å². The van der Waals surface area contributed by atoms with Gasteiger partial charge in [0.15, 0.2) is 0 Å². The normalized spacial score (nSPS) is 12.0. The minimum absolute atomic E-state index is 0.0815. The second-order valence-electron chi connectivity index (χ2n) is 4.54. The number of aromatic nitrogens is 1. The number of ether oxygens (including phenoxy) is 2. The van der Waals surface area contributed by atoms with Crippen molar-refractivity contribution in [2.24, 2.45) is 5.84 Å². The highest BCUT2D eigenvalue weighted by atomic mass is 79.9. The lowest BCUT2D eigenvalue weighted by atomic mass is 9.99. The first kappa shape index (κ1) is 15.8. The molecule has 0 aliphatic heterocycles. The molecule has 0 spiro atoms. The van der Waals surface area contributed by atoms with Crippen LogP contribution in [-0.2, 0) is 6.42 Å². The fourth-order valence-electron chi connectivity index (χ4n) is 2.17. The molecule has 6 heteroatoms. The summed E-state index contributed by atoms with van der Waals surface area (Å²) in [6.07, 6.45) is 4.28. The van der Waals surface area contributed by atoms with Gasteiger partial charge in [0, 0.05) is 28.5 Å². The maximum atomic E-state index is 5.72. The van der Waals surface area contributed by atoms with Crippen molar-refractivity contribution in [2.45, 2.75) is 12.5 Å². The molecule has 1 unspecified atom stereocenters. The molecule has 3 N–H and O–H groups in total. The third-order valence-electron chi connectivity index (χ3n) is 3.22. The second kappa shape index (κ2) is 7.40. The summed E-state index contributed by atoms with van der Waals surface area (Å²) in [5, 5.41) is 0. The summed E-state index contributed by atoms with van der Waals surface area (Å²) in [7, 11) is 3.26. The molecule has 1 atom stereocenters. The van der Waals surface area contributed by atoms with Crippen LogP contribution in [0.5, 0.6) is 11.5 Å². The van der Waals surface area contributed by atoms with Crippen molar-refractivity contribution >= 4 is 15.9 Å². The van der Waals surface area contributed by atoms with E-state index in [2.05, 4.69) is 26.3 Å². The van der Waals surface area contributed by atoms with E-state index in [4.69, 9.17) is 15.3 Å². The lowest BCUT2D eigenvalue weighted by molar-refractivity contribution is 0.384. The number of pyridine rings is 1. The van der Waals surface area contributed by atoms with Gasteiger partial charge in [0.2, 0.25) is 0 Å². The molecule has 2 aromatic rings. The Morgan fingerprint density at radius 1 is 1.24 bits per heavy atom. The van der Waals surface area contributed by atoms with Crippen molar-refractivity contribution in [2.75, 3.05) is 14.2 Å². The van der Waals surface area contributed by atoms with E-state index < -0.39 is 0 Å². The average Bonchev–Trinajstić information content (AvgIpc) is 2.52. The molecule has 0 bridgehead atoms. The number of methoxy groups -OCH3 is 2. The first-order chi connectivity index (χ1) is 10.2. The van der Waals surface area contributed by atoms with Crippen LogP contribution in [-0.4, -0.2) is 19.2 Å². The Bertz CT molecular complexity index is 607. The van der Waals surface area contributed by atoms with Crippen LogP contribution >= 0.6 is 15.9 Å². The van der Waals surface area contributed by atoms with Gasteiger partial charge in [0.1, 0.15) is 11.5 Å². The monoisotopic (exact) mass is 351 g/mol. The van der Waals surface area contributed by atoms with Crippen LogP contribution < -0.4 is 20.7 Å². The summed E-state index contributed by atoms with van der Waals surface area (Å²) in [6.45, 7) is 0. The summed E-state index contributed by atoms with van der Waals surface area (Å²) < 4.78 is 11.6. The maximum absolute atomic E-state index is 5.72. The van der Waals surface area contributed by atoms with E-state index in [-0.39, 0.29) is 6.04 Å². The molecule has 0 saturated carbocycles. The molecular formula is C15H18BrN3O2. The molecule has 112 valence electrons. The van der Waals surface area contributed by atoms with Gasteiger partial charge in [0.25, 0.3) is 0 Å². The van der Waals surface area contributed by atoms with E-state index in [0.29, 0.717) is 6.42 Å². The lowest BCUT2D eigenvalue weighted by Gasteiger charge is -2.19. The van der Waals surface area contributed by atoms with Crippen molar-refractivity contribution in [3.8, 4) is 11.5 Å². The van der Waals surface area contributed by atoms with Gasteiger partial charge in [-0.3, -0.25) is 16.3 Å². The fraction of sp³-hybridized carbons (Fsp3) is 0.267. The van der Waals surface area contributed by atoms with Crippen LogP contribution in [0.25, 0.3) is 0 Å². The smallest absolute Gasteiger partial charge is 0.127 e. The van der Waals surface area contributed by atoms with Crippen molar-refractivity contribution in [1.82, 2.24) is 10.4 Å². The first-order valence-electron chi connectivity index (χ1n) is 6.45. The summed E-state index contributed by atoms with van der Waals surface area (Å²) in [5.41, 5.74) is 4.88. The topological polar surface area (TPSA) is 69.4 Å². The molecule has 0 radical (unpaired) electrons. The summed E-state index contributed by atoms with van der Waals surface area (Å²) >= 11 is 3.42. The predicted octanol–water partition coefficient (Wildman–Crippen LogP) is 2.61. The zero-order valence-corrected chi connectivity index (χ0v) is 13.6. The molecule has 0 amide bonds. The molecule has 1 aromatic carbocycles. The van der Waals surface area contributed by atoms with E-state index in [1.54, 1.807) is 20.4 Å². The van der Waals surface area contributed by atoms with Crippen LogP contribution in [0, 0.1) is 0 Å². The van der Waals surface area contributed by atoms with Crippen LogP contribution in [0.4, 0.5) is 0 Å². The van der Waals surface area contributed by atoms with Gasteiger partial charge in [0.05, 0.1) is 20.3 Å². The molecule has 0 fully saturated rings. The lowest BCUT2D eigenvalue weighted by Crippen LogP contribution is -2.30. The summed E-state index contributed by atoms with van der Waals surface area (Å²) in [4.78, 5) is 4.17. The molecule has 0 aliphatic carbocycles. The highest BCUT2D eigenvalue weighted by Crippen LogP contribution is 2.31. The highest BCUT2D eigenvalue weighted by Gasteiger charge is 2.16.